The monoisotopic (exact) mass is 420 g/mol. The maximum atomic E-state index is 12.8. The Balaban J connectivity index is 1.72. The van der Waals surface area contributed by atoms with Crippen molar-refractivity contribution in [2.45, 2.75) is 43.4 Å². The summed E-state index contributed by atoms with van der Waals surface area (Å²) in [5, 5.41) is 24.0. The summed E-state index contributed by atoms with van der Waals surface area (Å²) in [6.07, 6.45) is 2.00. The summed E-state index contributed by atoms with van der Waals surface area (Å²) in [6.45, 7) is 0. The highest BCUT2D eigenvalue weighted by atomic mass is 32.2. The van der Waals surface area contributed by atoms with E-state index >= 15 is 0 Å². The van der Waals surface area contributed by atoms with Crippen molar-refractivity contribution in [2.24, 2.45) is 4.99 Å². The Bertz CT molecular complexity index is 1020. The summed E-state index contributed by atoms with van der Waals surface area (Å²) in [6, 6.07) is 18.7. The number of fused-ring (bicyclic) bond motifs is 2. The molecule has 3 unspecified atom stereocenters. The molecule has 30 heavy (non-hydrogen) atoms. The predicted octanol–water partition coefficient (Wildman–Crippen LogP) is 3.97. The van der Waals surface area contributed by atoms with E-state index in [1.807, 2.05) is 60.7 Å². The summed E-state index contributed by atoms with van der Waals surface area (Å²) < 4.78 is 0. The van der Waals surface area contributed by atoms with Crippen LogP contribution in [-0.2, 0) is 4.79 Å². The lowest BCUT2D eigenvalue weighted by Crippen LogP contribution is -2.52. The number of aliphatic hydroxyl groups is 2. The Kier molecular flexibility index (Phi) is 5.01. The summed E-state index contributed by atoms with van der Waals surface area (Å²) in [5.41, 5.74) is 1.63. The van der Waals surface area contributed by atoms with Crippen molar-refractivity contribution in [2.75, 3.05) is 5.75 Å². The number of aliphatic hydroxyl groups excluding tert-OH is 1. The maximum Gasteiger partial charge on any atom is 0.239 e. The lowest BCUT2D eigenvalue weighted by molar-refractivity contribution is -0.130. The number of rotatable bonds is 3. The molecule has 1 saturated heterocycles. The van der Waals surface area contributed by atoms with Gasteiger partial charge in [-0.2, -0.15) is 0 Å². The van der Waals surface area contributed by atoms with Gasteiger partial charge in [-0.25, -0.2) is 4.99 Å². The topological polar surface area (TPSA) is 73.1 Å². The minimum Gasteiger partial charge on any atom is -0.384 e. The number of carbonyl (C=O) groups excluding carboxylic acids is 1. The van der Waals surface area contributed by atoms with E-state index < -0.39 is 17.7 Å². The lowest BCUT2D eigenvalue weighted by atomic mass is 9.79. The smallest absolute Gasteiger partial charge is 0.239 e. The van der Waals surface area contributed by atoms with Crippen LogP contribution in [0.4, 0.5) is 0 Å². The molecule has 2 aliphatic heterocycles. The molecule has 0 radical (unpaired) electrons. The van der Waals surface area contributed by atoms with E-state index in [4.69, 9.17) is 4.99 Å². The molecule has 5 nitrogen and oxygen atoms in total. The van der Waals surface area contributed by atoms with Crippen molar-refractivity contribution in [3.63, 3.8) is 0 Å². The lowest BCUT2D eigenvalue weighted by Gasteiger charge is -2.45. The van der Waals surface area contributed by atoms with Crippen molar-refractivity contribution in [3.05, 3.63) is 83.1 Å². The second-order valence-corrected chi connectivity index (χ2v) is 9.02. The molecule has 0 spiro atoms. The van der Waals surface area contributed by atoms with E-state index in [1.54, 1.807) is 4.90 Å². The quantitative estimate of drug-likeness (QED) is 0.788. The Morgan fingerprint density at radius 1 is 1.07 bits per heavy atom. The van der Waals surface area contributed by atoms with Gasteiger partial charge in [-0.3, -0.25) is 9.69 Å². The maximum absolute atomic E-state index is 12.8. The number of carbonyl (C=O) groups is 1. The fourth-order valence-electron chi connectivity index (χ4n) is 4.84. The number of benzene rings is 2. The van der Waals surface area contributed by atoms with E-state index in [9.17, 15) is 15.0 Å². The van der Waals surface area contributed by atoms with Crippen LogP contribution in [0.1, 0.15) is 49.0 Å². The molecule has 0 saturated carbocycles. The molecule has 1 amide bonds. The molecule has 2 aromatic carbocycles. The van der Waals surface area contributed by atoms with Crippen LogP contribution in [0.5, 0.6) is 0 Å². The van der Waals surface area contributed by atoms with E-state index in [0.29, 0.717) is 29.5 Å². The van der Waals surface area contributed by atoms with Gasteiger partial charge in [0.25, 0.3) is 0 Å². The molecule has 0 bridgehead atoms. The Morgan fingerprint density at radius 3 is 2.50 bits per heavy atom. The SMILES string of the molecule is O=C1CSC2=NC3=C(C(O)c4ccccc4)CCCCC3(O)C(c3ccccc3)N12. The minimum atomic E-state index is -1.34. The molecule has 2 heterocycles. The van der Waals surface area contributed by atoms with E-state index in [2.05, 4.69) is 0 Å². The van der Waals surface area contributed by atoms with Gasteiger partial charge in [0, 0.05) is 0 Å². The third-order valence-corrected chi connectivity index (χ3v) is 7.18. The molecule has 5 rings (SSSR count). The van der Waals surface area contributed by atoms with Crippen LogP contribution in [0.3, 0.4) is 0 Å². The Labute approximate surface area is 180 Å². The zero-order chi connectivity index (χ0) is 20.7. The largest absolute Gasteiger partial charge is 0.384 e. The first kappa shape index (κ1) is 19.5. The average molecular weight is 421 g/mol. The number of hydrogen-bond acceptors (Lipinski definition) is 5. The molecule has 3 atom stereocenters. The third kappa shape index (κ3) is 3.11. The van der Waals surface area contributed by atoms with Crippen molar-refractivity contribution >= 4 is 22.8 Å². The van der Waals surface area contributed by atoms with Crippen molar-refractivity contribution in [3.8, 4) is 0 Å². The second kappa shape index (κ2) is 7.69. The average Bonchev–Trinajstić information content (AvgIpc) is 3.04. The van der Waals surface area contributed by atoms with Crippen LogP contribution in [0, 0.1) is 0 Å². The van der Waals surface area contributed by atoms with Crippen LogP contribution in [0.2, 0.25) is 0 Å². The zero-order valence-electron chi connectivity index (χ0n) is 16.6. The number of amides is 1. The molecular formula is C24H24N2O3S. The van der Waals surface area contributed by atoms with E-state index in [1.165, 1.54) is 11.8 Å². The molecule has 1 aliphatic carbocycles. The summed E-state index contributed by atoms with van der Waals surface area (Å²) in [7, 11) is 0. The molecule has 0 aromatic heterocycles. The fraction of sp³-hybridized carbons (Fsp3) is 0.333. The van der Waals surface area contributed by atoms with Crippen molar-refractivity contribution in [1.82, 2.24) is 4.90 Å². The highest BCUT2D eigenvalue weighted by Gasteiger charge is 2.54. The normalized spacial score (nSPS) is 27.3. The molecule has 2 aromatic rings. The van der Waals surface area contributed by atoms with Gasteiger partial charge in [0.2, 0.25) is 5.91 Å². The standard InChI is InChI=1S/C24H24N2O3S/c27-19-15-30-23-25-21-18(20(28)16-9-3-1-4-10-16)13-7-8-14-24(21,29)22(26(19)23)17-11-5-2-6-12-17/h1-6,9-12,20,22,28-29H,7-8,13-15H2. The van der Waals surface area contributed by atoms with E-state index in [-0.39, 0.29) is 5.91 Å². The van der Waals surface area contributed by atoms with Crippen molar-refractivity contribution in [1.29, 1.82) is 0 Å². The Hall–Kier alpha value is -2.41. The van der Waals surface area contributed by atoms with Crippen LogP contribution in [0.15, 0.2) is 76.9 Å². The predicted molar refractivity (Wildman–Crippen MR) is 118 cm³/mol. The highest BCUT2D eigenvalue weighted by molar-refractivity contribution is 8.15. The number of hydrogen-bond donors (Lipinski definition) is 2. The second-order valence-electron chi connectivity index (χ2n) is 8.08. The van der Waals surface area contributed by atoms with Gasteiger partial charge in [-0.1, -0.05) is 72.4 Å². The molecule has 1 fully saturated rings. The summed E-state index contributed by atoms with van der Waals surface area (Å²) >= 11 is 1.40. The molecular weight excluding hydrogens is 396 g/mol. The summed E-state index contributed by atoms with van der Waals surface area (Å²) in [5.74, 6) is 0.289. The Morgan fingerprint density at radius 2 is 1.77 bits per heavy atom. The molecule has 3 aliphatic rings. The number of aliphatic imine (C=N–C) groups is 1. The summed E-state index contributed by atoms with van der Waals surface area (Å²) in [4.78, 5) is 19.3. The molecule has 2 N–H and O–H groups in total. The molecule has 6 heteroatoms. The minimum absolute atomic E-state index is 0.0329. The van der Waals surface area contributed by atoms with Gasteiger partial charge in [0.05, 0.1) is 17.5 Å². The van der Waals surface area contributed by atoms with Gasteiger partial charge in [0.1, 0.15) is 11.7 Å². The first-order valence-corrected chi connectivity index (χ1v) is 11.4. The van der Waals surface area contributed by atoms with Crippen LogP contribution >= 0.6 is 11.8 Å². The van der Waals surface area contributed by atoms with Gasteiger partial charge in [-0.15, -0.1) is 0 Å². The fourth-order valence-corrected chi connectivity index (χ4v) is 5.74. The van der Waals surface area contributed by atoms with Crippen molar-refractivity contribution < 1.29 is 15.0 Å². The van der Waals surface area contributed by atoms with Gasteiger partial charge >= 0.3 is 0 Å². The van der Waals surface area contributed by atoms with Crippen LogP contribution in [0.25, 0.3) is 0 Å². The number of nitrogens with zero attached hydrogens (tertiary/aromatic N) is 2. The third-order valence-electron chi connectivity index (χ3n) is 6.25. The highest BCUT2D eigenvalue weighted by Crippen LogP contribution is 2.51. The van der Waals surface area contributed by atoms with Gasteiger partial charge < -0.3 is 10.2 Å². The van der Waals surface area contributed by atoms with Gasteiger partial charge in [0.15, 0.2) is 5.17 Å². The van der Waals surface area contributed by atoms with E-state index in [0.717, 1.165) is 29.5 Å². The van der Waals surface area contributed by atoms with Crippen LogP contribution in [-0.4, -0.2) is 37.5 Å². The molecule has 154 valence electrons. The number of amidine groups is 1. The first-order chi connectivity index (χ1) is 14.6. The number of thioether (sulfide) groups is 1. The van der Waals surface area contributed by atoms with Crippen LogP contribution < -0.4 is 0 Å². The first-order valence-electron chi connectivity index (χ1n) is 10.4. The zero-order valence-corrected chi connectivity index (χ0v) is 17.4. The van der Waals surface area contributed by atoms with Gasteiger partial charge in [-0.05, 0) is 42.4 Å².